The first-order chi connectivity index (χ1) is 11.4. The highest BCUT2D eigenvalue weighted by Gasteiger charge is 2.22. The monoisotopic (exact) mass is 335 g/mol. The summed E-state index contributed by atoms with van der Waals surface area (Å²) in [5.74, 6) is -0.539. The van der Waals surface area contributed by atoms with Gasteiger partial charge in [-0.15, -0.1) is 0 Å². The SMILES string of the molecule is COC(=O)Cn1nc(C)c2c(C(F)F)cc(-c3ccn(C)n3)nc21. The molecule has 0 unspecified atom stereocenters. The minimum atomic E-state index is -2.70. The lowest BCUT2D eigenvalue weighted by Crippen LogP contribution is -2.13. The van der Waals surface area contributed by atoms with Crippen LogP contribution in [-0.4, -0.2) is 37.6 Å². The predicted octanol–water partition coefficient (Wildman–Crippen LogP) is 2.25. The zero-order valence-corrected chi connectivity index (χ0v) is 13.3. The van der Waals surface area contributed by atoms with Crippen molar-refractivity contribution in [1.82, 2.24) is 24.5 Å². The molecule has 3 aromatic rings. The highest BCUT2D eigenvalue weighted by molar-refractivity contribution is 5.86. The molecule has 0 aliphatic heterocycles. The lowest BCUT2D eigenvalue weighted by atomic mass is 10.1. The number of pyridine rings is 1. The van der Waals surface area contributed by atoms with Crippen LogP contribution in [0, 0.1) is 6.92 Å². The number of ether oxygens (including phenoxy) is 1. The first-order valence-electron chi connectivity index (χ1n) is 7.13. The number of hydrogen-bond donors (Lipinski definition) is 0. The van der Waals surface area contributed by atoms with Crippen LogP contribution in [0.15, 0.2) is 18.3 Å². The molecule has 0 N–H and O–H groups in total. The van der Waals surface area contributed by atoms with E-state index in [1.54, 1.807) is 30.9 Å². The average molecular weight is 335 g/mol. The fraction of sp³-hybridized carbons (Fsp3) is 0.333. The number of carbonyl (C=O) groups is 1. The number of halogens is 2. The van der Waals surface area contributed by atoms with Crippen molar-refractivity contribution in [2.24, 2.45) is 7.05 Å². The van der Waals surface area contributed by atoms with Crippen LogP contribution in [0.2, 0.25) is 0 Å². The molecule has 9 heteroatoms. The van der Waals surface area contributed by atoms with Crippen molar-refractivity contribution < 1.29 is 18.3 Å². The van der Waals surface area contributed by atoms with Crippen LogP contribution in [0.5, 0.6) is 0 Å². The second-order valence-corrected chi connectivity index (χ2v) is 5.29. The summed E-state index contributed by atoms with van der Waals surface area (Å²) < 4.78 is 34.5. The summed E-state index contributed by atoms with van der Waals surface area (Å²) >= 11 is 0. The maximum Gasteiger partial charge on any atom is 0.327 e. The lowest BCUT2D eigenvalue weighted by Gasteiger charge is -2.07. The number of hydrogen-bond acceptors (Lipinski definition) is 5. The quantitative estimate of drug-likeness (QED) is 0.684. The minimum Gasteiger partial charge on any atom is -0.468 e. The topological polar surface area (TPSA) is 74.8 Å². The van der Waals surface area contributed by atoms with Crippen molar-refractivity contribution in [3.63, 3.8) is 0 Å². The number of alkyl halides is 2. The fourth-order valence-corrected chi connectivity index (χ4v) is 2.54. The maximum absolute atomic E-state index is 13.5. The van der Waals surface area contributed by atoms with Gasteiger partial charge in [-0.3, -0.25) is 9.48 Å². The van der Waals surface area contributed by atoms with E-state index in [-0.39, 0.29) is 23.1 Å². The molecule has 0 aliphatic rings. The molecule has 0 spiro atoms. The number of fused-ring (bicyclic) bond motifs is 1. The van der Waals surface area contributed by atoms with Crippen LogP contribution in [-0.2, 0) is 23.1 Å². The number of carbonyl (C=O) groups excluding carboxylic acids is 1. The summed E-state index contributed by atoms with van der Waals surface area (Å²) in [6, 6.07) is 2.99. The van der Waals surface area contributed by atoms with Gasteiger partial charge in [0.25, 0.3) is 6.43 Å². The van der Waals surface area contributed by atoms with Crippen LogP contribution in [0.1, 0.15) is 17.7 Å². The molecule has 3 aromatic heterocycles. The summed E-state index contributed by atoms with van der Waals surface area (Å²) in [7, 11) is 2.97. The van der Waals surface area contributed by atoms with Crippen LogP contribution in [0.25, 0.3) is 22.4 Å². The minimum absolute atomic E-state index is 0.186. The van der Waals surface area contributed by atoms with Gasteiger partial charge in [0.15, 0.2) is 5.65 Å². The largest absolute Gasteiger partial charge is 0.468 e. The van der Waals surface area contributed by atoms with Gasteiger partial charge in [-0.05, 0) is 19.1 Å². The molecule has 0 saturated carbocycles. The number of esters is 1. The highest BCUT2D eigenvalue weighted by Crippen LogP contribution is 2.32. The molecule has 0 amide bonds. The van der Waals surface area contributed by atoms with E-state index in [9.17, 15) is 13.6 Å². The molecule has 0 bridgehead atoms. The first-order valence-corrected chi connectivity index (χ1v) is 7.13. The Bertz CT molecular complexity index is 916. The number of rotatable bonds is 4. The summed E-state index contributed by atoms with van der Waals surface area (Å²) in [6.07, 6.45) is -1.01. The molecule has 3 heterocycles. The summed E-state index contributed by atoms with van der Waals surface area (Å²) in [5, 5.41) is 8.59. The van der Waals surface area contributed by atoms with Crippen molar-refractivity contribution in [2.75, 3.05) is 7.11 Å². The lowest BCUT2D eigenvalue weighted by molar-refractivity contribution is -0.141. The molecule has 0 atom stereocenters. The van der Waals surface area contributed by atoms with Crippen LogP contribution in [0.3, 0.4) is 0 Å². The van der Waals surface area contributed by atoms with E-state index < -0.39 is 12.4 Å². The molecule has 3 rings (SSSR count). The summed E-state index contributed by atoms with van der Waals surface area (Å²) in [6.45, 7) is 1.40. The van der Waals surface area contributed by atoms with Gasteiger partial charge in [-0.25, -0.2) is 18.4 Å². The van der Waals surface area contributed by atoms with Gasteiger partial charge in [0, 0.05) is 18.8 Å². The number of methoxy groups -OCH3 is 1. The van der Waals surface area contributed by atoms with Crippen molar-refractivity contribution in [2.45, 2.75) is 19.9 Å². The van der Waals surface area contributed by atoms with Gasteiger partial charge in [-0.1, -0.05) is 0 Å². The van der Waals surface area contributed by atoms with Crippen molar-refractivity contribution in [3.05, 3.63) is 29.6 Å². The third-order valence-electron chi connectivity index (χ3n) is 3.63. The molecule has 24 heavy (non-hydrogen) atoms. The number of aromatic nitrogens is 5. The highest BCUT2D eigenvalue weighted by atomic mass is 19.3. The first kappa shape index (κ1) is 16.0. The Hall–Kier alpha value is -2.84. The molecule has 0 radical (unpaired) electrons. The Balaban J connectivity index is 2.25. The molecule has 0 aromatic carbocycles. The zero-order valence-electron chi connectivity index (χ0n) is 13.3. The Kier molecular flexibility index (Phi) is 4.00. The number of aryl methyl sites for hydroxylation is 2. The number of nitrogens with zero attached hydrogens (tertiary/aromatic N) is 5. The van der Waals surface area contributed by atoms with Gasteiger partial charge in [0.2, 0.25) is 0 Å². The van der Waals surface area contributed by atoms with Crippen molar-refractivity contribution >= 4 is 17.0 Å². The third-order valence-corrected chi connectivity index (χ3v) is 3.63. The van der Waals surface area contributed by atoms with Crippen LogP contribution < -0.4 is 0 Å². The zero-order chi connectivity index (χ0) is 17.4. The second kappa shape index (κ2) is 5.99. The Morgan fingerprint density at radius 1 is 1.33 bits per heavy atom. The predicted molar refractivity (Wildman–Crippen MR) is 81.4 cm³/mol. The van der Waals surface area contributed by atoms with Gasteiger partial charge >= 0.3 is 5.97 Å². The van der Waals surface area contributed by atoms with Gasteiger partial charge in [0.1, 0.15) is 12.2 Å². The summed E-state index contributed by atoms with van der Waals surface area (Å²) in [5.41, 5.74) is 1.16. The second-order valence-electron chi connectivity index (χ2n) is 5.29. The van der Waals surface area contributed by atoms with E-state index in [2.05, 4.69) is 19.9 Å². The fourth-order valence-electron chi connectivity index (χ4n) is 2.54. The Morgan fingerprint density at radius 3 is 2.67 bits per heavy atom. The molecular weight excluding hydrogens is 320 g/mol. The van der Waals surface area contributed by atoms with Gasteiger partial charge < -0.3 is 4.74 Å². The normalized spacial score (nSPS) is 11.4. The molecule has 126 valence electrons. The van der Waals surface area contributed by atoms with Crippen LogP contribution in [0.4, 0.5) is 8.78 Å². The standard InChI is InChI=1S/C15H15F2N5O2/c1-8-13-9(14(16)17)6-11(10-4-5-21(2)20-10)18-15(13)22(19-8)7-12(23)24-3/h4-6,14H,7H2,1-3H3. The van der Waals surface area contributed by atoms with Gasteiger partial charge in [0.05, 0.1) is 23.9 Å². The average Bonchev–Trinajstić information content (AvgIpc) is 3.11. The smallest absolute Gasteiger partial charge is 0.327 e. The molecular formula is C15H15F2N5O2. The van der Waals surface area contributed by atoms with Gasteiger partial charge in [-0.2, -0.15) is 10.2 Å². The van der Waals surface area contributed by atoms with Crippen molar-refractivity contribution in [3.8, 4) is 11.4 Å². The Morgan fingerprint density at radius 2 is 2.08 bits per heavy atom. The molecule has 0 saturated heterocycles. The Labute approximate surface area is 135 Å². The van der Waals surface area contributed by atoms with E-state index in [4.69, 9.17) is 0 Å². The van der Waals surface area contributed by atoms with E-state index >= 15 is 0 Å². The molecule has 0 fully saturated rings. The van der Waals surface area contributed by atoms with Crippen molar-refractivity contribution in [1.29, 1.82) is 0 Å². The van der Waals surface area contributed by atoms with Crippen LogP contribution >= 0.6 is 0 Å². The van der Waals surface area contributed by atoms with E-state index in [0.29, 0.717) is 17.1 Å². The van der Waals surface area contributed by atoms with E-state index in [1.165, 1.54) is 17.9 Å². The maximum atomic E-state index is 13.5. The molecule has 7 nitrogen and oxygen atoms in total. The van der Waals surface area contributed by atoms with E-state index in [0.717, 1.165) is 0 Å². The molecule has 0 aliphatic carbocycles. The van der Waals surface area contributed by atoms with E-state index in [1.807, 2.05) is 0 Å². The summed E-state index contributed by atoms with van der Waals surface area (Å²) in [4.78, 5) is 15.9. The third kappa shape index (κ3) is 2.72.